The number of fused-ring (bicyclic) bond motifs is 1. The summed E-state index contributed by atoms with van der Waals surface area (Å²) in [6, 6.07) is 8.34. The highest BCUT2D eigenvalue weighted by Crippen LogP contribution is 2.33. The number of aryl methyl sites for hydroxylation is 1. The third-order valence-corrected chi connectivity index (χ3v) is 5.56. The first kappa shape index (κ1) is 19.8. The van der Waals surface area contributed by atoms with Gasteiger partial charge in [-0.3, -0.25) is 4.90 Å². The highest BCUT2D eigenvalue weighted by Gasteiger charge is 2.21. The lowest BCUT2D eigenvalue weighted by molar-refractivity contribution is 0.174. The highest BCUT2D eigenvalue weighted by molar-refractivity contribution is 5.46. The third-order valence-electron chi connectivity index (χ3n) is 5.56. The molecule has 0 N–H and O–H groups in total. The molecule has 1 aromatic carbocycles. The first-order chi connectivity index (χ1) is 14.1. The number of hydrogen-bond donors (Lipinski definition) is 0. The molecule has 2 aliphatic heterocycles. The minimum Gasteiger partial charge on any atom is -0.454 e. The molecule has 3 heterocycles. The van der Waals surface area contributed by atoms with E-state index in [9.17, 15) is 0 Å². The van der Waals surface area contributed by atoms with Gasteiger partial charge >= 0.3 is 0 Å². The largest absolute Gasteiger partial charge is 0.454 e. The number of benzene rings is 1. The van der Waals surface area contributed by atoms with Crippen LogP contribution in [0.5, 0.6) is 11.5 Å². The number of aromatic nitrogens is 2. The lowest BCUT2D eigenvalue weighted by atomic mass is 10.1. The Morgan fingerprint density at radius 1 is 1.03 bits per heavy atom. The van der Waals surface area contributed by atoms with Crippen LogP contribution in [0.4, 0.5) is 11.8 Å². The smallest absolute Gasteiger partial charge is 0.231 e. The van der Waals surface area contributed by atoms with Crippen molar-refractivity contribution in [3.05, 3.63) is 35.5 Å². The van der Waals surface area contributed by atoms with Crippen molar-refractivity contribution in [1.82, 2.24) is 14.9 Å². The Balaban J connectivity index is 1.36. The Morgan fingerprint density at radius 2 is 1.83 bits per heavy atom. The van der Waals surface area contributed by atoms with Gasteiger partial charge in [-0.25, -0.2) is 4.98 Å². The summed E-state index contributed by atoms with van der Waals surface area (Å²) in [5.74, 6) is 3.57. The Labute approximate surface area is 173 Å². The van der Waals surface area contributed by atoms with Gasteiger partial charge < -0.3 is 19.3 Å². The van der Waals surface area contributed by atoms with Crippen LogP contribution in [0.3, 0.4) is 0 Å². The molecule has 29 heavy (non-hydrogen) atoms. The van der Waals surface area contributed by atoms with E-state index < -0.39 is 0 Å². The predicted octanol–water partition coefficient (Wildman–Crippen LogP) is 3.07. The molecular weight excluding hydrogens is 366 g/mol. The van der Waals surface area contributed by atoms with Crippen LogP contribution in [0, 0.1) is 6.92 Å². The van der Waals surface area contributed by atoms with Crippen LogP contribution in [0.25, 0.3) is 0 Å². The maximum absolute atomic E-state index is 5.50. The fraction of sp³-hybridized carbons (Fsp3) is 0.545. The second kappa shape index (κ2) is 8.86. The van der Waals surface area contributed by atoms with Crippen LogP contribution in [0.15, 0.2) is 24.3 Å². The van der Waals surface area contributed by atoms with Crippen molar-refractivity contribution in [2.45, 2.75) is 33.2 Å². The van der Waals surface area contributed by atoms with E-state index in [2.05, 4.69) is 58.8 Å². The van der Waals surface area contributed by atoms with E-state index in [-0.39, 0.29) is 0 Å². The summed E-state index contributed by atoms with van der Waals surface area (Å²) in [7, 11) is 2.08. The van der Waals surface area contributed by atoms with Gasteiger partial charge in [0.1, 0.15) is 5.82 Å². The molecule has 1 aromatic heterocycles. The lowest BCUT2D eigenvalue weighted by Gasteiger charge is -2.35. The molecule has 1 fully saturated rings. The second-order valence-corrected chi connectivity index (χ2v) is 7.89. The van der Waals surface area contributed by atoms with E-state index in [0.717, 1.165) is 74.6 Å². The van der Waals surface area contributed by atoms with Gasteiger partial charge in [-0.1, -0.05) is 19.4 Å². The highest BCUT2D eigenvalue weighted by atomic mass is 16.7. The average molecular weight is 398 g/mol. The molecule has 0 atom stereocenters. The standard InChI is InChI=1S/C22H31N5O2/c1-4-5-8-25(3)22-23-17(2)13-21(24-22)27-11-9-26(10-12-27)15-18-6-7-19-20(14-18)29-16-28-19/h6-7,13-14H,4-5,8-12,15-16H2,1-3H3. The summed E-state index contributed by atoms with van der Waals surface area (Å²) < 4.78 is 10.9. The monoisotopic (exact) mass is 397 g/mol. The molecule has 7 heteroatoms. The quantitative estimate of drug-likeness (QED) is 0.712. The molecule has 0 spiro atoms. The normalized spacial score (nSPS) is 16.3. The molecule has 156 valence electrons. The number of rotatable bonds is 7. The summed E-state index contributed by atoms with van der Waals surface area (Å²) >= 11 is 0. The zero-order chi connectivity index (χ0) is 20.2. The van der Waals surface area contributed by atoms with E-state index >= 15 is 0 Å². The fourth-order valence-electron chi connectivity index (χ4n) is 3.80. The van der Waals surface area contributed by atoms with Crippen LogP contribution >= 0.6 is 0 Å². The molecule has 0 amide bonds. The molecule has 0 unspecified atom stereocenters. The molecule has 4 rings (SSSR count). The van der Waals surface area contributed by atoms with Crippen LogP contribution in [-0.2, 0) is 6.54 Å². The third kappa shape index (κ3) is 4.72. The molecular formula is C22H31N5O2. The van der Waals surface area contributed by atoms with Crippen molar-refractivity contribution in [3.8, 4) is 11.5 Å². The molecule has 7 nitrogen and oxygen atoms in total. The first-order valence-electron chi connectivity index (χ1n) is 10.5. The van der Waals surface area contributed by atoms with Gasteiger partial charge in [0, 0.05) is 58.1 Å². The van der Waals surface area contributed by atoms with E-state index in [1.54, 1.807) is 0 Å². The topological polar surface area (TPSA) is 54.0 Å². The van der Waals surface area contributed by atoms with Crippen LogP contribution < -0.4 is 19.3 Å². The Hall–Kier alpha value is -2.54. The van der Waals surface area contributed by atoms with Crippen molar-refractivity contribution >= 4 is 11.8 Å². The SMILES string of the molecule is CCCCN(C)c1nc(C)cc(N2CCN(Cc3ccc4c(c3)OCO4)CC2)n1. The van der Waals surface area contributed by atoms with Gasteiger partial charge in [0.05, 0.1) is 0 Å². The van der Waals surface area contributed by atoms with Crippen molar-refractivity contribution in [2.24, 2.45) is 0 Å². The number of unbranched alkanes of at least 4 members (excludes halogenated alkanes) is 1. The zero-order valence-corrected chi connectivity index (χ0v) is 17.7. The maximum Gasteiger partial charge on any atom is 0.231 e. The van der Waals surface area contributed by atoms with E-state index in [1.165, 1.54) is 12.0 Å². The minimum atomic E-state index is 0.325. The van der Waals surface area contributed by atoms with Gasteiger partial charge in [0.15, 0.2) is 11.5 Å². The summed E-state index contributed by atoms with van der Waals surface area (Å²) in [6.07, 6.45) is 2.33. The van der Waals surface area contributed by atoms with Crippen LogP contribution in [0.2, 0.25) is 0 Å². The van der Waals surface area contributed by atoms with Crippen molar-refractivity contribution in [3.63, 3.8) is 0 Å². The summed E-state index contributed by atoms with van der Waals surface area (Å²) in [4.78, 5) is 16.5. The van der Waals surface area contributed by atoms with E-state index in [1.807, 2.05) is 6.07 Å². The van der Waals surface area contributed by atoms with Gasteiger partial charge in [0.25, 0.3) is 0 Å². The van der Waals surface area contributed by atoms with E-state index in [4.69, 9.17) is 14.5 Å². The predicted molar refractivity (Wildman–Crippen MR) is 115 cm³/mol. The average Bonchev–Trinajstić information content (AvgIpc) is 3.20. The fourth-order valence-corrected chi connectivity index (χ4v) is 3.80. The van der Waals surface area contributed by atoms with E-state index in [0.29, 0.717) is 6.79 Å². The molecule has 2 aliphatic rings. The molecule has 1 saturated heterocycles. The van der Waals surface area contributed by atoms with Crippen LogP contribution in [0.1, 0.15) is 31.0 Å². The van der Waals surface area contributed by atoms with Gasteiger partial charge in [0.2, 0.25) is 12.7 Å². The summed E-state index contributed by atoms with van der Waals surface area (Å²) in [5, 5.41) is 0. The zero-order valence-electron chi connectivity index (χ0n) is 17.7. The van der Waals surface area contributed by atoms with Gasteiger partial charge in [-0.15, -0.1) is 0 Å². The van der Waals surface area contributed by atoms with Gasteiger partial charge in [-0.2, -0.15) is 4.98 Å². The molecule has 0 saturated carbocycles. The second-order valence-electron chi connectivity index (χ2n) is 7.89. The Kier molecular flexibility index (Phi) is 6.04. The minimum absolute atomic E-state index is 0.325. The molecule has 2 aromatic rings. The lowest BCUT2D eigenvalue weighted by Crippen LogP contribution is -2.46. The Morgan fingerprint density at radius 3 is 2.62 bits per heavy atom. The van der Waals surface area contributed by atoms with Gasteiger partial charge in [-0.05, 0) is 31.0 Å². The maximum atomic E-state index is 5.50. The number of anilines is 2. The van der Waals surface area contributed by atoms with Crippen molar-refractivity contribution in [1.29, 1.82) is 0 Å². The molecule has 0 radical (unpaired) electrons. The number of hydrogen-bond acceptors (Lipinski definition) is 7. The molecule has 0 aliphatic carbocycles. The van der Waals surface area contributed by atoms with Crippen molar-refractivity contribution in [2.75, 3.05) is 56.4 Å². The van der Waals surface area contributed by atoms with Crippen LogP contribution in [-0.4, -0.2) is 61.4 Å². The van der Waals surface area contributed by atoms with Crippen molar-refractivity contribution < 1.29 is 9.47 Å². The number of nitrogens with zero attached hydrogens (tertiary/aromatic N) is 5. The summed E-state index contributed by atoms with van der Waals surface area (Å²) in [5.41, 5.74) is 2.29. The number of piperazine rings is 1. The first-order valence-corrected chi connectivity index (χ1v) is 10.5. The summed E-state index contributed by atoms with van der Waals surface area (Å²) in [6.45, 7) is 10.5. The molecule has 0 bridgehead atoms. The number of ether oxygens (including phenoxy) is 2. The Bertz CT molecular complexity index is 836.